The van der Waals surface area contributed by atoms with Crippen molar-refractivity contribution in [3.63, 3.8) is 0 Å². The van der Waals surface area contributed by atoms with E-state index in [9.17, 15) is 5.11 Å². The summed E-state index contributed by atoms with van der Waals surface area (Å²) >= 11 is 0. The van der Waals surface area contributed by atoms with Gasteiger partial charge in [0.2, 0.25) is 0 Å². The van der Waals surface area contributed by atoms with Crippen LogP contribution in [-0.4, -0.2) is 11.7 Å². The van der Waals surface area contributed by atoms with Crippen molar-refractivity contribution in [2.45, 2.75) is 39.0 Å². The Bertz CT molecular complexity index is 643. The molecule has 0 saturated carbocycles. The highest BCUT2D eigenvalue weighted by atomic mass is 16.5. The van der Waals surface area contributed by atoms with Crippen LogP contribution in [0.4, 0.5) is 0 Å². The summed E-state index contributed by atoms with van der Waals surface area (Å²) in [6, 6.07) is 11.1. The third kappa shape index (κ3) is 3.66. The predicted molar refractivity (Wildman–Crippen MR) is 84.6 cm³/mol. The van der Waals surface area contributed by atoms with E-state index in [1.54, 1.807) is 0 Å². The Morgan fingerprint density at radius 3 is 2.52 bits per heavy atom. The molecule has 0 aromatic heterocycles. The average molecular weight is 283 g/mol. The summed E-state index contributed by atoms with van der Waals surface area (Å²) < 4.78 is 5.77. The average Bonchev–Trinajstić information content (AvgIpc) is 2.52. The molecule has 0 radical (unpaired) electrons. The number of aromatic hydroxyl groups is 1. The minimum atomic E-state index is 0.0406. The number of ether oxygens (including phenoxy) is 1. The van der Waals surface area contributed by atoms with Gasteiger partial charge < -0.3 is 9.84 Å². The molecule has 0 fully saturated rings. The molecule has 21 heavy (non-hydrogen) atoms. The number of benzene rings is 2. The van der Waals surface area contributed by atoms with Crippen molar-refractivity contribution < 1.29 is 9.84 Å². The van der Waals surface area contributed by atoms with Crippen LogP contribution in [0.2, 0.25) is 0 Å². The van der Waals surface area contributed by atoms with E-state index in [4.69, 9.17) is 10.00 Å². The van der Waals surface area contributed by atoms with Gasteiger partial charge in [0.05, 0.1) is 18.2 Å². The maximum atomic E-state index is 10.1. The van der Waals surface area contributed by atoms with Crippen molar-refractivity contribution in [1.82, 2.24) is 0 Å². The highest BCUT2D eigenvalue weighted by Crippen LogP contribution is 2.37. The van der Waals surface area contributed by atoms with Gasteiger partial charge in [-0.15, -0.1) is 0 Å². The number of phenols is 1. The highest BCUT2D eigenvalue weighted by molar-refractivity contribution is 5.94. The molecule has 2 aromatic carbocycles. The summed E-state index contributed by atoms with van der Waals surface area (Å²) in [6.07, 6.45) is 5.82. The molecule has 0 bridgehead atoms. The van der Waals surface area contributed by atoms with E-state index < -0.39 is 0 Å². The van der Waals surface area contributed by atoms with Gasteiger partial charge in [0.1, 0.15) is 0 Å². The standard InChI is InChI=1S/C18H21NO2/c1-2-3-4-5-8-11-21-18-16-10-7-6-9-15(16)14(13-19)12-17(18)20/h6-7,9-10,12,20H,2-5,8,11H2,1H3. The lowest BCUT2D eigenvalue weighted by Gasteiger charge is -2.12. The lowest BCUT2D eigenvalue weighted by atomic mass is 10.0. The van der Waals surface area contributed by atoms with Gasteiger partial charge in [-0.1, -0.05) is 56.9 Å². The molecule has 0 aliphatic heterocycles. The first kappa shape index (κ1) is 15.2. The van der Waals surface area contributed by atoms with Crippen LogP contribution in [0.3, 0.4) is 0 Å². The SMILES string of the molecule is CCCCCCCOc1c(O)cc(C#N)c2ccccc12. The maximum Gasteiger partial charge on any atom is 0.168 e. The van der Waals surface area contributed by atoms with E-state index in [1.165, 1.54) is 25.3 Å². The van der Waals surface area contributed by atoms with Gasteiger partial charge in [0.15, 0.2) is 11.5 Å². The van der Waals surface area contributed by atoms with E-state index >= 15 is 0 Å². The third-order valence-electron chi connectivity index (χ3n) is 3.59. The first-order chi connectivity index (χ1) is 10.3. The summed E-state index contributed by atoms with van der Waals surface area (Å²) in [5.74, 6) is 0.527. The number of fused-ring (bicyclic) bond motifs is 1. The van der Waals surface area contributed by atoms with Crippen molar-refractivity contribution in [3.8, 4) is 17.6 Å². The Hall–Kier alpha value is -2.21. The van der Waals surface area contributed by atoms with Crippen LogP contribution in [-0.2, 0) is 0 Å². The summed E-state index contributed by atoms with van der Waals surface area (Å²) in [4.78, 5) is 0. The largest absolute Gasteiger partial charge is 0.504 e. The van der Waals surface area contributed by atoms with Crippen molar-refractivity contribution in [2.75, 3.05) is 6.61 Å². The van der Waals surface area contributed by atoms with E-state index in [1.807, 2.05) is 24.3 Å². The number of unbranched alkanes of at least 4 members (excludes halogenated alkanes) is 4. The Labute approximate surface area is 125 Å². The molecule has 0 aliphatic rings. The van der Waals surface area contributed by atoms with Gasteiger partial charge in [0.25, 0.3) is 0 Å². The predicted octanol–water partition coefficient (Wildman–Crippen LogP) is 4.77. The third-order valence-corrected chi connectivity index (χ3v) is 3.59. The molecule has 0 spiro atoms. The topological polar surface area (TPSA) is 53.2 Å². The lowest BCUT2D eigenvalue weighted by Crippen LogP contribution is -1.99. The molecular formula is C18H21NO2. The van der Waals surface area contributed by atoms with Crippen molar-refractivity contribution in [3.05, 3.63) is 35.9 Å². The number of nitrogens with zero attached hydrogens (tertiary/aromatic N) is 1. The van der Waals surface area contributed by atoms with Gasteiger partial charge in [-0.25, -0.2) is 0 Å². The second-order valence-electron chi connectivity index (χ2n) is 5.19. The highest BCUT2D eigenvalue weighted by Gasteiger charge is 2.12. The fourth-order valence-electron chi connectivity index (χ4n) is 2.46. The van der Waals surface area contributed by atoms with Crippen LogP contribution < -0.4 is 4.74 Å². The molecule has 0 atom stereocenters. The van der Waals surface area contributed by atoms with Crippen LogP contribution >= 0.6 is 0 Å². The van der Waals surface area contributed by atoms with Gasteiger partial charge in [-0.3, -0.25) is 0 Å². The first-order valence-electron chi connectivity index (χ1n) is 7.55. The van der Waals surface area contributed by atoms with Crippen LogP contribution in [0, 0.1) is 11.3 Å². The number of nitriles is 1. The van der Waals surface area contributed by atoms with Gasteiger partial charge in [-0.05, 0) is 6.42 Å². The Morgan fingerprint density at radius 2 is 1.81 bits per heavy atom. The second kappa shape index (κ2) is 7.54. The number of rotatable bonds is 7. The van der Waals surface area contributed by atoms with Crippen LogP contribution in [0.15, 0.2) is 30.3 Å². The molecule has 0 heterocycles. The van der Waals surface area contributed by atoms with E-state index in [-0.39, 0.29) is 5.75 Å². The quantitative estimate of drug-likeness (QED) is 0.745. The smallest absolute Gasteiger partial charge is 0.168 e. The second-order valence-corrected chi connectivity index (χ2v) is 5.19. The number of hydrogen-bond acceptors (Lipinski definition) is 3. The molecule has 0 amide bonds. The lowest BCUT2D eigenvalue weighted by molar-refractivity contribution is 0.292. The van der Waals surface area contributed by atoms with E-state index in [0.717, 1.165) is 23.6 Å². The Balaban J connectivity index is 2.13. The molecule has 3 nitrogen and oxygen atoms in total. The number of hydrogen-bond donors (Lipinski definition) is 1. The summed E-state index contributed by atoms with van der Waals surface area (Å²) in [7, 11) is 0. The van der Waals surface area contributed by atoms with Crippen molar-refractivity contribution in [2.24, 2.45) is 0 Å². The fraction of sp³-hybridized carbons (Fsp3) is 0.389. The van der Waals surface area contributed by atoms with E-state index in [0.29, 0.717) is 17.9 Å². The molecule has 110 valence electrons. The molecular weight excluding hydrogens is 262 g/mol. The zero-order valence-corrected chi connectivity index (χ0v) is 12.4. The maximum absolute atomic E-state index is 10.1. The molecule has 3 heteroatoms. The molecule has 0 aliphatic carbocycles. The van der Waals surface area contributed by atoms with Crippen LogP contribution in [0.5, 0.6) is 11.5 Å². The molecule has 2 aromatic rings. The molecule has 0 unspecified atom stereocenters. The van der Waals surface area contributed by atoms with Crippen molar-refractivity contribution in [1.29, 1.82) is 5.26 Å². The fourth-order valence-corrected chi connectivity index (χ4v) is 2.46. The zero-order chi connectivity index (χ0) is 15.1. The zero-order valence-electron chi connectivity index (χ0n) is 12.4. The monoisotopic (exact) mass is 283 g/mol. The summed E-state index contributed by atoms with van der Waals surface area (Å²) in [5.41, 5.74) is 0.471. The summed E-state index contributed by atoms with van der Waals surface area (Å²) in [5, 5.41) is 20.8. The minimum absolute atomic E-state index is 0.0406. The molecule has 2 rings (SSSR count). The molecule has 1 N–H and O–H groups in total. The van der Waals surface area contributed by atoms with Gasteiger partial charge in [0, 0.05) is 16.8 Å². The summed E-state index contributed by atoms with van der Waals surface area (Å²) in [6.45, 7) is 2.78. The van der Waals surface area contributed by atoms with Crippen LogP contribution in [0.1, 0.15) is 44.6 Å². The van der Waals surface area contributed by atoms with Crippen LogP contribution in [0.25, 0.3) is 10.8 Å². The first-order valence-corrected chi connectivity index (χ1v) is 7.55. The minimum Gasteiger partial charge on any atom is -0.504 e. The van der Waals surface area contributed by atoms with Gasteiger partial charge >= 0.3 is 0 Å². The normalized spacial score (nSPS) is 10.5. The Morgan fingerprint density at radius 1 is 1.10 bits per heavy atom. The van der Waals surface area contributed by atoms with Crippen molar-refractivity contribution >= 4 is 10.8 Å². The van der Waals surface area contributed by atoms with Gasteiger partial charge in [-0.2, -0.15) is 5.26 Å². The van der Waals surface area contributed by atoms with E-state index in [2.05, 4.69) is 13.0 Å². The molecule has 0 saturated heterocycles. The number of phenolic OH excluding ortho intramolecular Hbond substituents is 1. The Kier molecular flexibility index (Phi) is 5.45.